The first-order valence-corrected chi connectivity index (χ1v) is 7.04. The molecule has 1 saturated heterocycles. The van der Waals surface area contributed by atoms with Crippen molar-refractivity contribution in [2.45, 2.75) is 6.92 Å². The zero-order valence-electron chi connectivity index (χ0n) is 12.3. The van der Waals surface area contributed by atoms with Crippen LogP contribution in [0, 0.1) is 5.82 Å². The molecular formula is C15H18FN3O3. The predicted octanol–water partition coefficient (Wildman–Crippen LogP) is 0.179. The maximum Gasteiger partial charge on any atom is 0.287 e. The van der Waals surface area contributed by atoms with Gasteiger partial charge in [0.1, 0.15) is 5.82 Å². The Labute approximate surface area is 127 Å². The fourth-order valence-electron chi connectivity index (χ4n) is 2.28. The molecule has 0 bridgehead atoms. The third-order valence-corrected chi connectivity index (χ3v) is 3.53. The van der Waals surface area contributed by atoms with E-state index in [-0.39, 0.29) is 18.3 Å². The molecule has 0 aliphatic carbocycles. The Bertz CT molecular complexity index is 583. The van der Waals surface area contributed by atoms with Crippen LogP contribution in [0.15, 0.2) is 24.3 Å². The van der Waals surface area contributed by atoms with Crippen LogP contribution in [0.1, 0.15) is 6.92 Å². The van der Waals surface area contributed by atoms with Crippen molar-refractivity contribution in [1.29, 1.82) is 0 Å². The van der Waals surface area contributed by atoms with Gasteiger partial charge in [0.15, 0.2) is 0 Å². The summed E-state index contributed by atoms with van der Waals surface area (Å²) < 4.78 is 13.2. The number of rotatable bonds is 4. The number of ketones is 1. The zero-order chi connectivity index (χ0) is 16.1. The van der Waals surface area contributed by atoms with E-state index in [1.807, 2.05) is 11.0 Å². The van der Waals surface area contributed by atoms with Crippen LogP contribution in [0.5, 0.6) is 0 Å². The van der Waals surface area contributed by atoms with Crippen molar-refractivity contribution in [2.75, 3.05) is 37.6 Å². The van der Waals surface area contributed by atoms with Crippen molar-refractivity contribution < 1.29 is 18.8 Å². The minimum atomic E-state index is -0.758. The Hall–Kier alpha value is -2.44. The van der Waals surface area contributed by atoms with E-state index in [4.69, 9.17) is 0 Å². The second kappa shape index (κ2) is 7.02. The lowest BCUT2D eigenvalue weighted by atomic mass is 10.2. The Morgan fingerprint density at radius 1 is 1.18 bits per heavy atom. The lowest BCUT2D eigenvalue weighted by molar-refractivity contribution is -0.138. The number of piperazine rings is 1. The van der Waals surface area contributed by atoms with Gasteiger partial charge in [0.2, 0.25) is 11.7 Å². The molecule has 1 aliphatic heterocycles. The highest BCUT2D eigenvalue weighted by Gasteiger charge is 2.22. The first-order chi connectivity index (χ1) is 10.5. The van der Waals surface area contributed by atoms with Crippen molar-refractivity contribution >= 4 is 23.3 Å². The highest BCUT2D eigenvalue weighted by Crippen LogP contribution is 2.17. The zero-order valence-corrected chi connectivity index (χ0v) is 12.3. The lowest BCUT2D eigenvalue weighted by Gasteiger charge is -2.36. The minimum Gasteiger partial charge on any atom is -0.368 e. The van der Waals surface area contributed by atoms with E-state index in [0.717, 1.165) is 12.6 Å². The number of carbonyl (C=O) groups is 3. The molecular weight excluding hydrogens is 289 g/mol. The Morgan fingerprint density at radius 2 is 1.86 bits per heavy atom. The Balaban J connectivity index is 1.83. The van der Waals surface area contributed by atoms with Crippen molar-refractivity contribution in [3.63, 3.8) is 0 Å². The quantitative estimate of drug-likeness (QED) is 0.806. The van der Waals surface area contributed by atoms with E-state index in [1.54, 1.807) is 11.0 Å². The van der Waals surface area contributed by atoms with E-state index < -0.39 is 11.7 Å². The molecule has 1 aromatic carbocycles. The average Bonchev–Trinajstić information content (AvgIpc) is 2.52. The molecule has 2 rings (SSSR count). The van der Waals surface area contributed by atoms with Crippen molar-refractivity contribution in [3.05, 3.63) is 30.1 Å². The van der Waals surface area contributed by atoms with Crippen molar-refractivity contribution in [2.24, 2.45) is 0 Å². The maximum atomic E-state index is 13.2. The Morgan fingerprint density at radius 3 is 2.45 bits per heavy atom. The molecule has 1 heterocycles. The largest absolute Gasteiger partial charge is 0.368 e. The molecule has 118 valence electrons. The van der Waals surface area contributed by atoms with Gasteiger partial charge in [0, 0.05) is 38.8 Å². The summed E-state index contributed by atoms with van der Waals surface area (Å²) in [6, 6.07) is 6.33. The molecule has 0 atom stereocenters. The molecule has 1 N–H and O–H groups in total. The summed E-state index contributed by atoms with van der Waals surface area (Å²) in [5, 5.41) is 2.29. The van der Waals surface area contributed by atoms with Crippen molar-refractivity contribution in [3.8, 4) is 0 Å². The Kier molecular flexibility index (Phi) is 5.08. The third-order valence-electron chi connectivity index (χ3n) is 3.53. The van der Waals surface area contributed by atoms with Gasteiger partial charge in [-0.15, -0.1) is 0 Å². The highest BCUT2D eigenvalue weighted by molar-refractivity contribution is 6.35. The summed E-state index contributed by atoms with van der Waals surface area (Å²) in [6.45, 7) is 3.14. The predicted molar refractivity (Wildman–Crippen MR) is 78.9 cm³/mol. The molecule has 1 aromatic rings. The SMILES string of the molecule is CC(=O)C(=O)NCC(=O)N1CCN(c2cccc(F)c2)CC1. The number of halogens is 1. The van der Waals surface area contributed by atoms with Crippen LogP contribution in [0.3, 0.4) is 0 Å². The van der Waals surface area contributed by atoms with E-state index in [1.165, 1.54) is 12.1 Å². The average molecular weight is 307 g/mol. The number of hydrogen-bond acceptors (Lipinski definition) is 4. The van der Waals surface area contributed by atoms with Gasteiger partial charge in [0.25, 0.3) is 5.91 Å². The second-order valence-electron chi connectivity index (χ2n) is 5.09. The summed E-state index contributed by atoms with van der Waals surface area (Å²) in [4.78, 5) is 37.5. The van der Waals surface area contributed by atoms with E-state index >= 15 is 0 Å². The minimum absolute atomic E-state index is 0.182. The topological polar surface area (TPSA) is 69.7 Å². The first kappa shape index (κ1) is 15.9. The number of carbonyl (C=O) groups excluding carboxylic acids is 3. The molecule has 0 radical (unpaired) electrons. The van der Waals surface area contributed by atoms with Gasteiger partial charge in [0.05, 0.1) is 6.54 Å². The van der Waals surface area contributed by atoms with E-state index in [2.05, 4.69) is 5.32 Å². The normalized spacial score (nSPS) is 14.6. The standard InChI is InChI=1S/C15H18FN3O3/c1-11(20)15(22)17-10-14(21)19-7-5-18(6-8-19)13-4-2-3-12(16)9-13/h2-4,9H,5-8,10H2,1H3,(H,17,22). The molecule has 1 fully saturated rings. The number of anilines is 1. The van der Waals surface area contributed by atoms with Gasteiger partial charge in [-0.3, -0.25) is 14.4 Å². The number of amides is 2. The molecule has 7 heteroatoms. The summed E-state index contributed by atoms with van der Waals surface area (Å²) in [6.07, 6.45) is 0. The monoisotopic (exact) mass is 307 g/mol. The van der Waals surface area contributed by atoms with Crippen LogP contribution < -0.4 is 10.2 Å². The molecule has 0 spiro atoms. The smallest absolute Gasteiger partial charge is 0.287 e. The van der Waals surface area contributed by atoms with Crippen LogP contribution in [-0.4, -0.2) is 55.2 Å². The van der Waals surface area contributed by atoms with Crippen LogP contribution in [-0.2, 0) is 14.4 Å². The van der Waals surface area contributed by atoms with Gasteiger partial charge in [-0.2, -0.15) is 0 Å². The second-order valence-corrected chi connectivity index (χ2v) is 5.09. The summed E-state index contributed by atoms with van der Waals surface area (Å²) in [7, 11) is 0. The van der Waals surface area contributed by atoms with Crippen molar-refractivity contribution in [1.82, 2.24) is 10.2 Å². The fraction of sp³-hybridized carbons (Fsp3) is 0.400. The molecule has 0 aromatic heterocycles. The van der Waals surface area contributed by atoms with E-state index in [9.17, 15) is 18.8 Å². The number of nitrogens with zero attached hydrogens (tertiary/aromatic N) is 2. The summed E-state index contributed by atoms with van der Waals surface area (Å²) in [5.41, 5.74) is 0.789. The van der Waals surface area contributed by atoms with Crippen LogP contribution >= 0.6 is 0 Å². The highest BCUT2D eigenvalue weighted by atomic mass is 19.1. The molecule has 2 amide bonds. The van der Waals surface area contributed by atoms with Gasteiger partial charge in [-0.05, 0) is 18.2 Å². The van der Waals surface area contributed by atoms with Gasteiger partial charge in [-0.1, -0.05) is 6.07 Å². The molecule has 22 heavy (non-hydrogen) atoms. The lowest BCUT2D eigenvalue weighted by Crippen LogP contribution is -2.51. The van der Waals surface area contributed by atoms with Gasteiger partial charge >= 0.3 is 0 Å². The van der Waals surface area contributed by atoms with Crippen LogP contribution in [0.2, 0.25) is 0 Å². The number of benzene rings is 1. The van der Waals surface area contributed by atoms with Crippen LogP contribution in [0.25, 0.3) is 0 Å². The number of hydrogen-bond donors (Lipinski definition) is 1. The van der Waals surface area contributed by atoms with Gasteiger partial charge < -0.3 is 15.1 Å². The fourth-order valence-corrected chi connectivity index (χ4v) is 2.28. The third kappa shape index (κ3) is 4.03. The molecule has 0 saturated carbocycles. The van der Waals surface area contributed by atoms with Crippen LogP contribution in [0.4, 0.5) is 10.1 Å². The first-order valence-electron chi connectivity index (χ1n) is 7.04. The summed E-state index contributed by atoms with van der Waals surface area (Å²) in [5.74, 6) is -1.90. The molecule has 0 unspecified atom stereocenters. The molecule has 6 nitrogen and oxygen atoms in total. The summed E-state index contributed by atoms with van der Waals surface area (Å²) >= 11 is 0. The van der Waals surface area contributed by atoms with Gasteiger partial charge in [-0.25, -0.2) is 4.39 Å². The number of Topliss-reactive ketones (excluding diaryl/α,β-unsaturated/α-hetero) is 1. The number of nitrogens with one attached hydrogen (secondary N) is 1. The van der Waals surface area contributed by atoms with E-state index in [0.29, 0.717) is 26.2 Å². The molecule has 1 aliphatic rings. The maximum absolute atomic E-state index is 13.2.